The molecule has 1 aromatic heterocycles. The third-order valence-corrected chi connectivity index (χ3v) is 6.33. The summed E-state index contributed by atoms with van der Waals surface area (Å²) in [6.45, 7) is 1.98. The Hall–Kier alpha value is -3.39. The number of hydrogen-bond donors (Lipinski definition) is 1. The molecule has 1 amide bonds. The maximum absolute atomic E-state index is 14.7. The summed E-state index contributed by atoms with van der Waals surface area (Å²) in [5.41, 5.74) is 0.694. The number of pyridine rings is 1. The minimum absolute atomic E-state index is 0.147. The summed E-state index contributed by atoms with van der Waals surface area (Å²) in [4.78, 5) is 29.4. The SMILES string of the molecule is CCOC(=O)c1ccc(NC(=O)C(CC2CC2)c2ccc(-c3c(C(F)F)ccc(Cl)c3F)cn2)cc1. The molecule has 1 N–H and O–H groups in total. The van der Waals surface area contributed by atoms with Crippen molar-refractivity contribution in [3.63, 3.8) is 0 Å². The predicted octanol–water partition coefficient (Wildman–Crippen LogP) is 7.18. The Morgan fingerprint density at radius 3 is 2.42 bits per heavy atom. The van der Waals surface area contributed by atoms with Gasteiger partial charge in [0.2, 0.25) is 5.91 Å². The molecule has 9 heteroatoms. The molecule has 0 radical (unpaired) electrons. The summed E-state index contributed by atoms with van der Waals surface area (Å²) in [7, 11) is 0. The summed E-state index contributed by atoms with van der Waals surface area (Å²) in [5.74, 6) is -1.87. The quantitative estimate of drug-likeness (QED) is 0.306. The van der Waals surface area contributed by atoms with E-state index < -0.39 is 29.7 Å². The fraction of sp³-hybridized carbons (Fsp3) is 0.296. The van der Waals surface area contributed by atoms with Crippen molar-refractivity contribution in [2.75, 3.05) is 11.9 Å². The van der Waals surface area contributed by atoms with Gasteiger partial charge in [-0.05, 0) is 55.7 Å². The number of nitrogens with one attached hydrogen (secondary N) is 1. The molecule has 0 saturated heterocycles. The molecular weight excluding hydrogens is 493 g/mol. The Balaban J connectivity index is 1.56. The number of hydrogen-bond acceptors (Lipinski definition) is 4. The molecule has 1 unspecified atom stereocenters. The first kappa shape index (κ1) is 25.7. The Labute approximate surface area is 211 Å². The first-order valence-electron chi connectivity index (χ1n) is 11.6. The summed E-state index contributed by atoms with van der Waals surface area (Å²) >= 11 is 5.83. The summed E-state index contributed by atoms with van der Waals surface area (Å²) in [6.07, 6.45) is 1.00. The average molecular weight is 517 g/mol. The third-order valence-electron chi connectivity index (χ3n) is 6.04. The van der Waals surface area contributed by atoms with E-state index in [1.54, 1.807) is 37.3 Å². The summed E-state index contributed by atoms with van der Waals surface area (Å²) in [6, 6.07) is 11.6. The maximum Gasteiger partial charge on any atom is 0.338 e. The monoisotopic (exact) mass is 516 g/mol. The van der Waals surface area contributed by atoms with Gasteiger partial charge in [0.1, 0.15) is 5.82 Å². The Morgan fingerprint density at radius 1 is 1.11 bits per heavy atom. The van der Waals surface area contributed by atoms with Crippen LogP contribution in [-0.4, -0.2) is 23.5 Å². The lowest BCUT2D eigenvalue weighted by molar-refractivity contribution is -0.117. The summed E-state index contributed by atoms with van der Waals surface area (Å²) in [5, 5.41) is 2.59. The molecule has 1 heterocycles. The van der Waals surface area contributed by atoms with Gasteiger partial charge in [0.15, 0.2) is 0 Å². The van der Waals surface area contributed by atoms with E-state index in [4.69, 9.17) is 16.3 Å². The standard InChI is InChI=1S/C27H24ClF3N2O3/c1-2-36-27(35)16-5-8-18(9-6-16)33-26(34)20(13-15-3-4-15)22-12-7-17(14-32-22)23-19(25(30)31)10-11-21(28)24(23)29/h5-12,14-15,20,25H,2-4,13H2,1H3,(H,33,34). The minimum atomic E-state index is -2.89. The minimum Gasteiger partial charge on any atom is -0.462 e. The van der Waals surface area contributed by atoms with Crippen molar-refractivity contribution in [1.29, 1.82) is 0 Å². The van der Waals surface area contributed by atoms with Gasteiger partial charge >= 0.3 is 5.97 Å². The van der Waals surface area contributed by atoms with Crippen molar-refractivity contribution in [2.45, 2.75) is 38.5 Å². The van der Waals surface area contributed by atoms with E-state index in [0.29, 0.717) is 29.3 Å². The number of carbonyl (C=O) groups is 2. The fourth-order valence-corrected chi connectivity index (χ4v) is 4.14. The average Bonchev–Trinajstić information content (AvgIpc) is 3.69. The lowest BCUT2D eigenvalue weighted by atomic mass is 9.94. The number of alkyl halides is 2. The number of rotatable bonds is 9. The molecule has 0 bridgehead atoms. The van der Waals surface area contributed by atoms with Crippen LogP contribution in [-0.2, 0) is 9.53 Å². The molecule has 1 fully saturated rings. The van der Waals surface area contributed by atoms with E-state index in [1.165, 1.54) is 12.3 Å². The van der Waals surface area contributed by atoms with Crippen molar-refractivity contribution < 1.29 is 27.5 Å². The second kappa shape index (κ2) is 11.1. The number of halogens is 4. The highest BCUT2D eigenvalue weighted by Gasteiger charge is 2.31. The van der Waals surface area contributed by atoms with E-state index in [-0.39, 0.29) is 28.7 Å². The van der Waals surface area contributed by atoms with Crippen LogP contribution < -0.4 is 5.32 Å². The van der Waals surface area contributed by atoms with E-state index in [1.807, 2.05) is 0 Å². The van der Waals surface area contributed by atoms with Crippen molar-refractivity contribution >= 4 is 29.2 Å². The van der Waals surface area contributed by atoms with Gasteiger partial charge in [-0.1, -0.05) is 36.6 Å². The highest BCUT2D eigenvalue weighted by molar-refractivity contribution is 6.31. The van der Waals surface area contributed by atoms with Gasteiger partial charge in [0.25, 0.3) is 6.43 Å². The molecule has 36 heavy (non-hydrogen) atoms. The van der Waals surface area contributed by atoms with Crippen LogP contribution in [0.5, 0.6) is 0 Å². The van der Waals surface area contributed by atoms with Gasteiger partial charge in [-0.15, -0.1) is 0 Å². The number of ether oxygens (including phenoxy) is 1. The van der Waals surface area contributed by atoms with Crippen LogP contribution in [0.1, 0.15) is 60.1 Å². The molecule has 2 aromatic carbocycles. The van der Waals surface area contributed by atoms with Gasteiger partial charge in [0.05, 0.1) is 28.8 Å². The molecule has 1 aliphatic carbocycles. The van der Waals surface area contributed by atoms with Gasteiger partial charge in [-0.3, -0.25) is 9.78 Å². The largest absolute Gasteiger partial charge is 0.462 e. The first-order valence-corrected chi connectivity index (χ1v) is 12.0. The van der Waals surface area contributed by atoms with E-state index >= 15 is 0 Å². The molecule has 1 saturated carbocycles. The van der Waals surface area contributed by atoms with Crippen LogP contribution >= 0.6 is 11.6 Å². The molecule has 1 atom stereocenters. The highest BCUT2D eigenvalue weighted by atomic mass is 35.5. The van der Waals surface area contributed by atoms with Crippen LogP contribution in [0.4, 0.5) is 18.9 Å². The molecule has 4 rings (SSSR count). The zero-order valence-corrected chi connectivity index (χ0v) is 20.2. The number of nitrogens with zero attached hydrogens (tertiary/aromatic N) is 1. The number of esters is 1. The molecule has 188 valence electrons. The van der Waals surface area contributed by atoms with Crippen molar-refractivity contribution in [3.8, 4) is 11.1 Å². The topological polar surface area (TPSA) is 68.3 Å². The number of amides is 1. The van der Waals surface area contributed by atoms with Gasteiger partial charge in [-0.25, -0.2) is 18.0 Å². The van der Waals surface area contributed by atoms with Crippen LogP contribution in [0.2, 0.25) is 5.02 Å². The van der Waals surface area contributed by atoms with E-state index in [0.717, 1.165) is 25.0 Å². The lowest BCUT2D eigenvalue weighted by Crippen LogP contribution is -2.22. The highest BCUT2D eigenvalue weighted by Crippen LogP contribution is 2.40. The second-order valence-electron chi connectivity index (χ2n) is 8.62. The molecule has 3 aromatic rings. The molecule has 5 nitrogen and oxygen atoms in total. The van der Waals surface area contributed by atoms with Crippen molar-refractivity contribution in [3.05, 3.63) is 82.4 Å². The van der Waals surface area contributed by atoms with Crippen molar-refractivity contribution in [2.24, 2.45) is 5.92 Å². The van der Waals surface area contributed by atoms with E-state index in [2.05, 4.69) is 10.3 Å². The van der Waals surface area contributed by atoms with E-state index in [9.17, 15) is 22.8 Å². The number of aromatic nitrogens is 1. The molecule has 1 aliphatic rings. The predicted molar refractivity (Wildman–Crippen MR) is 131 cm³/mol. The van der Waals surface area contributed by atoms with Crippen LogP contribution in [0.3, 0.4) is 0 Å². The Morgan fingerprint density at radius 2 is 1.83 bits per heavy atom. The van der Waals surface area contributed by atoms with Crippen molar-refractivity contribution in [1.82, 2.24) is 4.98 Å². The second-order valence-corrected chi connectivity index (χ2v) is 9.02. The Bertz CT molecular complexity index is 1250. The van der Waals surface area contributed by atoms with Crippen LogP contribution in [0, 0.1) is 11.7 Å². The number of anilines is 1. The third kappa shape index (κ3) is 5.87. The molecule has 0 spiro atoms. The maximum atomic E-state index is 14.7. The normalized spacial score (nSPS) is 13.9. The zero-order valence-electron chi connectivity index (χ0n) is 19.4. The van der Waals surface area contributed by atoms with Gasteiger partial charge in [-0.2, -0.15) is 0 Å². The molecular formula is C27H24ClF3N2O3. The van der Waals surface area contributed by atoms with Gasteiger partial charge in [0, 0.05) is 28.6 Å². The van der Waals surface area contributed by atoms with Crippen LogP contribution in [0.15, 0.2) is 54.7 Å². The lowest BCUT2D eigenvalue weighted by Gasteiger charge is -2.17. The van der Waals surface area contributed by atoms with Crippen LogP contribution in [0.25, 0.3) is 11.1 Å². The summed E-state index contributed by atoms with van der Waals surface area (Å²) < 4.78 is 46.6. The van der Waals surface area contributed by atoms with Gasteiger partial charge < -0.3 is 10.1 Å². The Kier molecular flexibility index (Phi) is 7.94. The fourth-order valence-electron chi connectivity index (χ4n) is 3.98. The first-order chi connectivity index (χ1) is 17.3. The number of carbonyl (C=O) groups excluding carboxylic acids is 2. The number of benzene rings is 2. The molecule has 0 aliphatic heterocycles. The zero-order chi connectivity index (χ0) is 25.8. The smallest absolute Gasteiger partial charge is 0.338 e.